The van der Waals surface area contributed by atoms with E-state index in [1.807, 2.05) is 12.1 Å². The first-order chi connectivity index (χ1) is 14.5. The summed E-state index contributed by atoms with van der Waals surface area (Å²) in [6.45, 7) is 0. The normalized spacial score (nSPS) is 11.2. The zero-order valence-corrected chi connectivity index (χ0v) is 16.1. The van der Waals surface area contributed by atoms with Crippen LogP contribution in [0.2, 0.25) is 0 Å². The van der Waals surface area contributed by atoms with E-state index >= 15 is 0 Å². The molecule has 0 aliphatic heterocycles. The molecule has 8 nitrogen and oxygen atoms in total. The highest BCUT2D eigenvalue weighted by atomic mass is 32.1. The lowest BCUT2D eigenvalue weighted by Gasteiger charge is -2.01. The number of anilines is 1. The molecular formula is C21H12N4O4S. The van der Waals surface area contributed by atoms with Crippen LogP contribution in [-0.2, 0) is 0 Å². The van der Waals surface area contributed by atoms with Crippen molar-refractivity contribution >= 4 is 39.3 Å². The van der Waals surface area contributed by atoms with Gasteiger partial charge in [-0.2, -0.15) is 5.26 Å². The molecule has 0 aliphatic carbocycles. The first-order valence-electron chi connectivity index (χ1n) is 8.65. The van der Waals surface area contributed by atoms with Crippen LogP contribution in [0.5, 0.6) is 0 Å². The van der Waals surface area contributed by atoms with Crippen molar-refractivity contribution in [2.75, 3.05) is 5.32 Å². The Balaban J connectivity index is 1.61. The number of nitro groups is 1. The highest BCUT2D eigenvalue weighted by molar-refractivity contribution is 7.11. The Labute approximate surface area is 173 Å². The number of rotatable bonds is 5. The number of thiazole rings is 1. The van der Waals surface area contributed by atoms with Gasteiger partial charge in [0.05, 0.1) is 16.2 Å². The molecule has 0 saturated heterocycles. The molecule has 0 aliphatic rings. The van der Waals surface area contributed by atoms with Gasteiger partial charge in [0.15, 0.2) is 0 Å². The number of hydrogen-bond acceptors (Lipinski definition) is 8. The molecule has 30 heavy (non-hydrogen) atoms. The van der Waals surface area contributed by atoms with Crippen LogP contribution in [0.15, 0.2) is 75.4 Å². The van der Waals surface area contributed by atoms with E-state index in [1.54, 1.807) is 23.6 Å². The van der Waals surface area contributed by atoms with Gasteiger partial charge in [-0.05, 0) is 24.3 Å². The fourth-order valence-corrected chi connectivity index (χ4v) is 3.52. The number of hydrogen-bond donors (Lipinski definition) is 1. The first-order valence-corrected chi connectivity index (χ1v) is 9.53. The summed E-state index contributed by atoms with van der Waals surface area (Å²) in [5, 5.41) is 26.0. The number of benzene rings is 2. The summed E-state index contributed by atoms with van der Waals surface area (Å²) in [4.78, 5) is 27.0. The minimum Gasteiger partial charge on any atom is -0.422 e. The SMILES string of the molecule is N#CC(=CNc1ccc([N+](=O)[O-])cc1)c1nc(-c2cc3ccccc3oc2=O)cs1. The number of para-hydroxylation sites is 1. The van der Waals surface area contributed by atoms with Crippen LogP contribution < -0.4 is 10.9 Å². The molecule has 2 aromatic carbocycles. The van der Waals surface area contributed by atoms with Gasteiger partial charge in [0.25, 0.3) is 5.69 Å². The second kappa shape index (κ2) is 7.98. The minimum absolute atomic E-state index is 0.0242. The summed E-state index contributed by atoms with van der Waals surface area (Å²) in [5.41, 5.74) is 1.55. The van der Waals surface area contributed by atoms with Gasteiger partial charge in [-0.25, -0.2) is 9.78 Å². The summed E-state index contributed by atoms with van der Waals surface area (Å²) in [5.74, 6) is 0. The molecule has 2 aromatic heterocycles. The molecule has 0 spiro atoms. The molecule has 0 amide bonds. The molecule has 0 fully saturated rings. The van der Waals surface area contributed by atoms with Crippen molar-refractivity contribution in [3.63, 3.8) is 0 Å². The van der Waals surface area contributed by atoms with Crippen LogP contribution in [0.1, 0.15) is 5.01 Å². The smallest absolute Gasteiger partial charge is 0.345 e. The molecule has 0 unspecified atom stereocenters. The van der Waals surface area contributed by atoms with Gasteiger partial charge in [-0.15, -0.1) is 11.3 Å². The topological polar surface area (TPSA) is 122 Å². The van der Waals surface area contributed by atoms with Crippen LogP contribution in [0.25, 0.3) is 27.8 Å². The Bertz CT molecular complexity index is 1380. The second-order valence-electron chi connectivity index (χ2n) is 6.14. The number of fused-ring (bicyclic) bond motifs is 1. The predicted octanol–water partition coefficient (Wildman–Crippen LogP) is 4.80. The minimum atomic E-state index is -0.503. The zero-order chi connectivity index (χ0) is 21.1. The Hall–Kier alpha value is -4.29. The molecule has 0 atom stereocenters. The standard InChI is InChI=1S/C21H12N4O4S/c22-10-14(11-23-15-5-7-16(8-6-15)25(27)28)20-24-18(12-30-20)17-9-13-3-1-2-4-19(13)29-21(17)26/h1-9,11-12,23H. The van der Waals surface area contributed by atoms with E-state index in [2.05, 4.69) is 16.4 Å². The number of nitro benzene ring substituents is 1. The van der Waals surface area contributed by atoms with E-state index in [0.29, 0.717) is 27.5 Å². The third-order valence-corrected chi connectivity index (χ3v) is 5.11. The average molecular weight is 416 g/mol. The number of aromatic nitrogens is 1. The molecule has 2 heterocycles. The molecule has 0 bridgehead atoms. The molecule has 4 aromatic rings. The van der Waals surface area contributed by atoms with Gasteiger partial charge in [0.1, 0.15) is 22.2 Å². The summed E-state index contributed by atoms with van der Waals surface area (Å²) in [7, 11) is 0. The number of nitriles is 1. The Morgan fingerprint density at radius 3 is 2.73 bits per heavy atom. The van der Waals surface area contributed by atoms with Crippen molar-refractivity contribution in [1.82, 2.24) is 4.98 Å². The molecular weight excluding hydrogens is 404 g/mol. The van der Waals surface area contributed by atoms with Crippen LogP contribution in [0.4, 0.5) is 11.4 Å². The highest BCUT2D eigenvalue weighted by Crippen LogP contribution is 2.26. The molecule has 146 valence electrons. The lowest BCUT2D eigenvalue weighted by molar-refractivity contribution is -0.384. The Morgan fingerprint density at radius 1 is 1.23 bits per heavy atom. The summed E-state index contributed by atoms with van der Waals surface area (Å²) < 4.78 is 5.34. The van der Waals surface area contributed by atoms with Gasteiger partial charge < -0.3 is 9.73 Å². The van der Waals surface area contributed by atoms with Crippen LogP contribution in [0, 0.1) is 21.4 Å². The molecule has 0 radical (unpaired) electrons. The van der Waals surface area contributed by atoms with E-state index in [1.165, 1.54) is 41.8 Å². The number of nitrogens with one attached hydrogen (secondary N) is 1. The lowest BCUT2D eigenvalue weighted by Crippen LogP contribution is -2.02. The van der Waals surface area contributed by atoms with Crippen molar-refractivity contribution in [2.24, 2.45) is 0 Å². The van der Waals surface area contributed by atoms with Crippen molar-refractivity contribution in [3.8, 4) is 17.3 Å². The fourth-order valence-electron chi connectivity index (χ4n) is 2.74. The number of nitrogens with zero attached hydrogens (tertiary/aromatic N) is 3. The zero-order valence-electron chi connectivity index (χ0n) is 15.2. The molecule has 4 rings (SSSR count). The van der Waals surface area contributed by atoms with Crippen molar-refractivity contribution in [2.45, 2.75) is 0 Å². The Kier molecular flexibility index (Phi) is 5.07. The summed E-state index contributed by atoms with van der Waals surface area (Å²) in [6.07, 6.45) is 1.46. The Morgan fingerprint density at radius 2 is 2.00 bits per heavy atom. The highest BCUT2D eigenvalue weighted by Gasteiger charge is 2.14. The van der Waals surface area contributed by atoms with Crippen LogP contribution >= 0.6 is 11.3 Å². The van der Waals surface area contributed by atoms with Gasteiger partial charge in [-0.1, -0.05) is 18.2 Å². The summed E-state index contributed by atoms with van der Waals surface area (Å²) >= 11 is 1.22. The third-order valence-electron chi connectivity index (χ3n) is 4.23. The molecule has 9 heteroatoms. The largest absolute Gasteiger partial charge is 0.422 e. The fraction of sp³-hybridized carbons (Fsp3) is 0. The van der Waals surface area contributed by atoms with E-state index in [-0.39, 0.29) is 11.3 Å². The predicted molar refractivity (Wildman–Crippen MR) is 114 cm³/mol. The quantitative estimate of drug-likeness (QED) is 0.214. The van der Waals surface area contributed by atoms with Gasteiger partial charge in [0, 0.05) is 34.8 Å². The second-order valence-corrected chi connectivity index (χ2v) is 7.00. The van der Waals surface area contributed by atoms with Gasteiger partial charge in [-0.3, -0.25) is 10.1 Å². The van der Waals surface area contributed by atoms with E-state index in [9.17, 15) is 20.2 Å². The van der Waals surface area contributed by atoms with E-state index in [4.69, 9.17) is 4.42 Å². The third kappa shape index (κ3) is 3.80. The molecule has 0 saturated carbocycles. The first kappa shape index (κ1) is 19.0. The number of non-ortho nitro benzene ring substituents is 1. The maximum absolute atomic E-state index is 12.3. The summed E-state index contributed by atoms with van der Waals surface area (Å²) in [6, 6.07) is 16.8. The van der Waals surface area contributed by atoms with Crippen LogP contribution in [-0.4, -0.2) is 9.91 Å². The van der Waals surface area contributed by atoms with Crippen molar-refractivity contribution < 1.29 is 9.34 Å². The number of allylic oxidation sites excluding steroid dienone is 1. The van der Waals surface area contributed by atoms with Crippen LogP contribution in [0.3, 0.4) is 0 Å². The van der Waals surface area contributed by atoms with E-state index < -0.39 is 10.5 Å². The van der Waals surface area contributed by atoms with E-state index in [0.717, 1.165) is 5.39 Å². The maximum Gasteiger partial charge on any atom is 0.345 e. The lowest BCUT2D eigenvalue weighted by atomic mass is 10.1. The van der Waals surface area contributed by atoms with Crippen molar-refractivity contribution in [1.29, 1.82) is 5.26 Å². The van der Waals surface area contributed by atoms with Gasteiger partial charge in [0.2, 0.25) is 0 Å². The average Bonchev–Trinajstić information content (AvgIpc) is 3.24. The molecule has 1 N–H and O–H groups in total. The maximum atomic E-state index is 12.3. The van der Waals surface area contributed by atoms with Crippen molar-refractivity contribution in [3.05, 3.63) is 91.7 Å². The monoisotopic (exact) mass is 416 g/mol. The van der Waals surface area contributed by atoms with Gasteiger partial charge >= 0.3 is 5.63 Å².